The van der Waals surface area contributed by atoms with E-state index in [0.29, 0.717) is 12.1 Å². The summed E-state index contributed by atoms with van der Waals surface area (Å²) in [5.74, 6) is 0.710. The van der Waals surface area contributed by atoms with Crippen LogP contribution in [0.15, 0.2) is 54.6 Å². The van der Waals surface area contributed by atoms with Crippen LogP contribution in [0.2, 0.25) is 0 Å². The molecule has 3 rings (SSSR count). The molecule has 28 heavy (non-hydrogen) atoms. The lowest BCUT2D eigenvalue weighted by Gasteiger charge is -2.23. The Morgan fingerprint density at radius 2 is 1.71 bits per heavy atom. The van der Waals surface area contributed by atoms with Crippen LogP contribution >= 0.6 is 0 Å². The minimum absolute atomic E-state index is 0.0510. The van der Waals surface area contributed by atoms with Crippen LogP contribution in [0.3, 0.4) is 0 Å². The fourth-order valence-electron chi connectivity index (χ4n) is 3.20. The highest BCUT2D eigenvalue weighted by Gasteiger charge is 2.21. The SMILES string of the molecule is Cc1nn(C)c(C)c1CN(C(=O)c1ccc(OC(C)C)cc1)c1ccccc1. The van der Waals surface area contributed by atoms with Gasteiger partial charge in [-0.2, -0.15) is 5.10 Å². The molecule has 0 aliphatic rings. The molecule has 3 aromatic rings. The Morgan fingerprint density at radius 3 is 2.25 bits per heavy atom. The van der Waals surface area contributed by atoms with Crippen molar-refractivity contribution >= 4 is 11.6 Å². The van der Waals surface area contributed by atoms with Crippen molar-refractivity contribution < 1.29 is 9.53 Å². The zero-order chi connectivity index (χ0) is 20.3. The number of anilines is 1. The van der Waals surface area contributed by atoms with Gasteiger partial charge in [0.2, 0.25) is 0 Å². The molecule has 0 fully saturated rings. The third kappa shape index (κ3) is 4.25. The first kappa shape index (κ1) is 19.7. The fourth-order valence-corrected chi connectivity index (χ4v) is 3.20. The summed E-state index contributed by atoms with van der Waals surface area (Å²) in [6, 6.07) is 17.1. The molecule has 0 bridgehead atoms. The first-order chi connectivity index (χ1) is 13.4. The number of ether oxygens (including phenoxy) is 1. The number of hydrogen-bond donors (Lipinski definition) is 0. The topological polar surface area (TPSA) is 47.4 Å². The molecular formula is C23H27N3O2. The molecule has 0 radical (unpaired) electrons. The number of nitrogens with zero attached hydrogens (tertiary/aromatic N) is 3. The second-order valence-electron chi connectivity index (χ2n) is 7.19. The molecule has 0 saturated carbocycles. The number of para-hydroxylation sites is 1. The molecule has 0 unspecified atom stereocenters. The van der Waals surface area contributed by atoms with Crippen molar-refractivity contribution in [1.82, 2.24) is 9.78 Å². The molecular weight excluding hydrogens is 350 g/mol. The Kier molecular flexibility index (Phi) is 5.83. The summed E-state index contributed by atoms with van der Waals surface area (Å²) in [6.07, 6.45) is 0.0962. The van der Waals surface area contributed by atoms with E-state index in [9.17, 15) is 4.79 Å². The van der Waals surface area contributed by atoms with E-state index >= 15 is 0 Å². The third-order valence-electron chi connectivity index (χ3n) is 4.76. The summed E-state index contributed by atoms with van der Waals surface area (Å²) < 4.78 is 7.55. The summed E-state index contributed by atoms with van der Waals surface area (Å²) in [7, 11) is 1.92. The molecule has 146 valence electrons. The maximum Gasteiger partial charge on any atom is 0.258 e. The zero-order valence-electron chi connectivity index (χ0n) is 17.1. The summed E-state index contributed by atoms with van der Waals surface area (Å²) >= 11 is 0. The number of carbonyl (C=O) groups is 1. The number of carbonyl (C=O) groups excluding carboxylic acids is 1. The summed E-state index contributed by atoms with van der Waals surface area (Å²) in [5, 5.41) is 4.49. The van der Waals surface area contributed by atoms with E-state index in [0.717, 1.165) is 28.4 Å². The monoisotopic (exact) mass is 377 g/mol. The van der Waals surface area contributed by atoms with E-state index in [2.05, 4.69) is 5.10 Å². The number of benzene rings is 2. The van der Waals surface area contributed by atoms with Gasteiger partial charge in [0.1, 0.15) is 5.75 Å². The third-order valence-corrected chi connectivity index (χ3v) is 4.76. The molecule has 0 aliphatic heterocycles. The quantitative estimate of drug-likeness (QED) is 0.627. The van der Waals surface area contributed by atoms with E-state index in [1.165, 1.54) is 0 Å². The van der Waals surface area contributed by atoms with Gasteiger partial charge in [-0.25, -0.2) is 0 Å². The average molecular weight is 377 g/mol. The van der Waals surface area contributed by atoms with Gasteiger partial charge in [-0.1, -0.05) is 18.2 Å². The predicted octanol–water partition coefficient (Wildman–Crippen LogP) is 4.67. The van der Waals surface area contributed by atoms with Gasteiger partial charge in [-0.05, 0) is 64.1 Å². The van der Waals surface area contributed by atoms with E-state index in [4.69, 9.17) is 4.74 Å². The maximum absolute atomic E-state index is 13.4. The van der Waals surface area contributed by atoms with Crippen LogP contribution in [-0.4, -0.2) is 21.8 Å². The van der Waals surface area contributed by atoms with Crippen LogP contribution in [0.1, 0.15) is 41.2 Å². The van der Waals surface area contributed by atoms with Crippen molar-refractivity contribution in [1.29, 1.82) is 0 Å². The second-order valence-corrected chi connectivity index (χ2v) is 7.19. The van der Waals surface area contributed by atoms with Gasteiger partial charge in [0.15, 0.2) is 0 Å². The van der Waals surface area contributed by atoms with Crippen LogP contribution in [0.4, 0.5) is 5.69 Å². The molecule has 1 amide bonds. The number of aryl methyl sites for hydroxylation is 2. The first-order valence-corrected chi connectivity index (χ1v) is 9.49. The lowest BCUT2D eigenvalue weighted by molar-refractivity contribution is 0.0985. The summed E-state index contributed by atoms with van der Waals surface area (Å²) in [4.78, 5) is 15.2. The van der Waals surface area contributed by atoms with Crippen LogP contribution in [0.5, 0.6) is 5.75 Å². The minimum Gasteiger partial charge on any atom is -0.491 e. The lowest BCUT2D eigenvalue weighted by Crippen LogP contribution is -2.30. The number of aromatic nitrogens is 2. The van der Waals surface area contributed by atoms with Crippen molar-refractivity contribution in [3.8, 4) is 5.75 Å². The van der Waals surface area contributed by atoms with Crippen molar-refractivity contribution in [2.45, 2.75) is 40.3 Å². The van der Waals surface area contributed by atoms with Gasteiger partial charge in [0.05, 0.1) is 18.3 Å². The van der Waals surface area contributed by atoms with E-state index in [-0.39, 0.29) is 12.0 Å². The van der Waals surface area contributed by atoms with Gasteiger partial charge in [-0.15, -0.1) is 0 Å². The van der Waals surface area contributed by atoms with Gasteiger partial charge in [0.25, 0.3) is 5.91 Å². The van der Waals surface area contributed by atoms with Crippen molar-refractivity contribution in [3.63, 3.8) is 0 Å². The van der Waals surface area contributed by atoms with Crippen LogP contribution in [0.25, 0.3) is 0 Å². The smallest absolute Gasteiger partial charge is 0.258 e. The highest BCUT2D eigenvalue weighted by Crippen LogP contribution is 2.24. The average Bonchev–Trinajstić information content (AvgIpc) is 2.92. The number of amides is 1. The second kappa shape index (κ2) is 8.30. The highest BCUT2D eigenvalue weighted by molar-refractivity contribution is 6.06. The van der Waals surface area contributed by atoms with Gasteiger partial charge >= 0.3 is 0 Å². The van der Waals surface area contributed by atoms with Crippen molar-refractivity contribution in [2.75, 3.05) is 4.90 Å². The Morgan fingerprint density at radius 1 is 1.07 bits per heavy atom. The Balaban J connectivity index is 1.94. The summed E-state index contributed by atoms with van der Waals surface area (Å²) in [6.45, 7) is 8.44. The number of hydrogen-bond acceptors (Lipinski definition) is 3. The minimum atomic E-state index is -0.0510. The van der Waals surface area contributed by atoms with Crippen molar-refractivity contribution in [2.24, 2.45) is 7.05 Å². The fraction of sp³-hybridized carbons (Fsp3) is 0.304. The Labute approximate surface area is 166 Å². The van der Waals surface area contributed by atoms with E-state index < -0.39 is 0 Å². The molecule has 0 N–H and O–H groups in total. The zero-order valence-corrected chi connectivity index (χ0v) is 17.1. The van der Waals surface area contributed by atoms with Crippen molar-refractivity contribution in [3.05, 3.63) is 77.1 Å². The largest absolute Gasteiger partial charge is 0.491 e. The normalized spacial score (nSPS) is 10.9. The van der Waals surface area contributed by atoms with Gasteiger partial charge in [-0.3, -0.25) is 9.48 Å². The molecule has 0 spiro atoms. The molecule has 5 nitrogen and oxygen atoms in total. The Bertz CT molecular complexity index is 944. The molecule has 1 aromatic heterocycles. The maximum atomic E-state index is 13.4. The van der Waals surface area contributed by atoms with Gasteiger partial charge in [0, 0.05) is 29.6 Å². The van der Waals surface area contributed by atoms with E-state index in [1.807, 2.05) is 94.0 Å². The molecule has 0 saturated heterocycles. The van der Waals surface area contributed by atoms with Crippen LogP contribution < -0.4 is 9.64 Å². The van der Waals surface area contributed by atoms with E-state index in [1.54, 1.807) is 4.90 Å². The predicted molar refractivity (Wildman–Crippen MR) is 112 cm³/mol. The Hall–Kier alpha value is -3.08. The van der Waals surface area contributed by atoms with Crippen LogP contribution in [-0.2, 0) is 13.6 Å². The molecule has 0 aliphatic carbocycles. The van der Waals surface area contributed by atoms with Crippen LogP contribution in [0, 0.1) is 13.8 Å². The molecule has 2 aromatic carbocycles. The molecule has 5 heteroatoms. The first-order valence-electron chi connectivity index (χ1n) is 9.49. The number of rotatable bonds is 6. The molecule has 1 heterocycles. The standard InChI is InChI=1S/C23H27N3O2/c1-16(2)28-21-13-11-19(12-14-21)23(27)26(20-9-7-6-8-10-20)15-22-17(3)24-25(5)18(22)4/h6-14,16H,15H2,1-5H3. The summed E-state index contributed by atoms with van der Waals surface area (Å²) in [5.41, 5.74) is 4.55. The lowest BCUT2D eigenvalue weighted by atomic mass is 10.1. The highest BCUT2D eigenvalue weighted by atomic mass is 16.5. The van der Waals surface area contributed by atoms with Gasteiger partial charge < -0.3 is 9.64 Å². The molecule has 0 atom stereocenters.